The van der Waals surface area contributed by atoms with Gasteiger partial charge in [-0.05, 0) is 44.9 Å². The predicted octanol–water partition coefficient (Wildman–Crippen LogP) is 2.02. The van der Waals surface area contributed by atoms with Gasteiger partial charge in [0.2, 0.25) is 0 Å². The highest BCUT2D eigenvalue weighted by Crippen LogP contribution is 2.10. The van der Waals surface area contributed by atoms with Gasteiger partial charge >= 0.3 is 0 Å². The van der Waals surface area contributed by atoms with E-state index in [4.69, 9.17) is 0 Å². The number of nitrogens with one attached hydrogen (secondary N) is 1. The Morgan fingerprint density at radius 3 is 2.65 bits per heavy atom. The summed E-state index contributed by atoms with van der Waals surface area (Å²) < 4.78 is 13.5. The number of halogens is 1. The molecule has 0 fully saturated rings. The highest BCUT2D eigenvalue weighted by Gasteiger charge is 2.14. The van der Waals surface area contributed by atoms with Crippen LogP contribution in [0.2, 0.25) is 0 Å². The third-order valence-corrected chi connectivity index (χ3v) is 2.44. The van der Waals surface area contributed by atoms with Gasteiger partial charge in [-0.25, -0.2) is 4.39 Å². The van der Waals surface area contributed by atoms with Crippen molar-refractivity contribution in [1.82, 2.24) is 5.32 Å². The second-order valence-electron chi connectivity index (χ2n) is 4.44. The Kier molecular flexibility index (Phi) is 4.63. The summed E-state index contributed by atoms with van der Waals surface area (Å²) in [4.78, 5) is 11.7. The van der Waals surface area contributed by atoms with Crippen LogP contribution >= 0.6 is 0 Å². The zero-order valence-electron chi connectivity index (χ0n) is 10.3. The van der Waals surface area contributed by atoms with Crippen molar-refractivity contribution < 1.29 is 14.3 Å². The Morgan fingerprint density at radius 1 is 1.47 bits per heavy atom. The Labute approximate surface area is 101 Å². The molecule has 0 heterocycles. The van der Waals surface area contributed by atoms with Crippen LogP contribution in [0, 0.1) is 12.7 Å². The highest BCUT2D eigenvalue weighted by molar-refractivity contribution is 5.94. The number of rotatable bonds is 4. The maximum absolute atomic E-state index is 13.5. The van der Waals surface area contributed by atoms with Gasteiger partial charge in [-0.1, -0.05) is 6.07 Å². The lowest BCUT2D eigenvalue weighted by atomic mass is 10.1. The molecule has 0 aliphatic heterocycles. The zero-order valence-corrected chi connectivity index (χ0v) is 10.3. The largest absolute Gasteiger partial charge is 0.393 e. The van der Waals surface area contributed by atoms with Gasteiger partial charge in [0, 0.05) is 6.04 Å². The number of amides is 1. The molecular weight excluding hydrogens is 221 g/mol. The van der Waals surface area contributed by atoms with Crippen LogP contribution in [0.15, 0.2) is 18.2 Å². The molecule has 0 aliphatic carbocycles. The minimum Gasteiger partial charge on any atom is -0.393 e. The predicted molar refractivity (Wildman–Crippen MR) is 64.4 cm³/mol. The molecule has 0 radical (unpaired) electrons. The number of carbonyl (C=O) groups is 1. The van der Waals surface area contributed by atoms with Crippen LogP contribution in [-0.4, -0.2) is 23.2 Å². The molecule has 1 aromatic rings. The summed E-state index contributed by atoms with van der Waals surface area (Å²) >= 11 is 0. The van der Waals surface area contributed by atoms with Crippen molar-refractivity contribution in [3.63, 3.8) is 0 Å². The lowest BCUT2D eigenvalue weighted by Gasteiger charge is -2.15. The third kappa shape index (κ3) is 4.15. The van der Waals surface area contributed by atoms with Crippen LogP contribution in [0.3, 0.4) is 0 Å². The van der Waals surface area contributed by atoms with Crippen LogP contribution < -0.4 is 5.32 Å². The maximum atomic E-state index is 13.5. The third-order valence-electron chi connectivity index (χ3n) is 2.44. The number of aryl methyl sites for hydroxylation is 1. The number of benzene rings is 1. The van der Waals surface area contributed by atoms with E-state index in [-0.39, 0.29) is 11.6 Å². The first-order valence-electron chi connectivity index (χ1n) is 5.65. The Morgan fingerprint density at radius 2 is 2.12 bits per heavy atom. The van der Waals surface area contributed by atoms with E-state index in [0.717, 1.165) is 5.56 Å². The van der Waals surface area contributed by atoms with Gasteiger partial charge in [0.25, 0.3) is 5.91 Å². The molecule has 0 bridgehead atoms. The lowest BCUT2D eigenvalue weighted by Crippen LogP contribution is -2.35. The van der Waals surface area contributed by atoms with Gasteiger partial charge in [0.15, 0.2) is 0 Å². The molecule has 94 valence electrons. The van der Waals surface area contributed by atoms with Gasteiger partial charge in [0.1, 0.15) is 5.82 Å². The molecule has 4 heteroatoms. The van der Waals surface area contributed by atoms with Crippen LogP contribution in [0.25, 0.3) is 0 Å². The molecule has 0 aromatic heterocycles. The summed E-state index contributed by atoms with van der Waals surface area (Å²) in [7, 11) is 0. The number of aliphatic hydroxyl groups excluding tert-OH is 1. The average molecular weight is 239 g/mol. The van der Waals surface area contributed by atoms with Gasteiger partial charge in [-0.3, -0.25) is 4.79 Å². The van der Waals surface area contributed by atoms with Crippen molar-refractivity contribution in [2.45, 2.75) is 39.3 Å². The van der Waals surface area contributed by atoms with Gasteiger partial charge < -0.3 is 10.4 Å². The van der Waals surface area contributed by atoms with E-state index in [2.05, 4.69) is 5.32 Å². The van der Waals surface area contributed by atoms with Crippen LogP contribution in [0.5, 0.6) is 0 Å². The van der Waals surface area contributed by atoms with E-state index in [1.807, 2.05) is 0 Å². The van der Waals surface area contributed by atoms with E-state index in [9.17, 15) is 14.3 Å². The first kappa shape index (κ1) is 13.6. The van der Waals surface area contributed by atoms with Gasteiger partial charge in [-0.15, -0.1) is 0 Å². The van der Waals surface area contributed by atoms with E-state index in [1.165, 1.54) is 12.1 Å². The summed E-state index contributed by atoms with van der Waals surface area (Å²) in [6, 6.07) is 4.30. The maximum Gasteiger partial charge on any atom is 0.254 e. The van der Waals surface area contributed by atoms with Crippen molar-refractivity contribution in [3.05, 3.63) is 35.1 Å². The average Bonchev–Trinajstić information content (AvgIpc) is 2.15. The first-order chi connectivity index (χ1) is 7.90. The number of hydrogen-bond donors (Lipinski definition) is 2. The molecule has 2 unspecified atom stereocenters. The fourth-order valence-corrected chi connectivity index (χ4v) is 1.68. The minimum absolute atomic E-state index is 0.0352. The fraction of sp³-hybridized carbons (Fsp3) is 0.462. The quantitative estimate of drug-likeness (QED) is 0.844. The molecule has 1 amide bonds. The van der Waals surface area contributed by atoms with Crippen molar-refractivity contribution in [2.75, 3.05) is 0 Å². The molecule has 0 aliphatic rings. The van der Waals surface area contributed by atoms with E-state index in [1.54, 1.807) is 26.8 Å². The Balaban J connectivity index is 2.70. The normalized spacial score (nSPS) is 14.2. The zero-order chi connectivity index (χ0) is 13.0. The van der Waals surface area contributed by atoms with E-state index < -0.39 is 17.8 Å². The van der Waals surface area contributed by atoms with Crippen molar-refractivity contribution in [3.8, 4) is 0 Å². The summed E-state index contributed by atoms with van der Waals surface area (Å²) in [6.45, 7) is 5.19. The van der Waals surface area contributed by atoms with Crippen molar-refractivity contribution >= 4 is 5.91 Å². The SMILES string of the molecule is Cc1ccc(C(=O)NC(C)CC(C)O)c(F)c1. The molecule has 2 atom stereocenters. The standard InChI is InChI=1S/C13H18FNO2/c1-8-4-5-11(12(14)6-8)13(17)15-9(2)7-10(3)16/h4-6,9-10,16H,7H2,1-3H3,(H,15,17). The van der Waals surface area contributed by atoms with Crippen LogP contribution in [0.4, 0.5) is 4.39 Å². The summed E-state index contributed by atoms with van der Waals surface area (Å²) in [5.41, 5.74) is 0.809. The molecule has 0 saturated carbocycles. The summed E-state index contributed by atoms with van der Waals surface area (Å²) in [5.74, 6) is -0.970. The van der Waals surface area contributed by atoms with Crippen LogP contribution in [0.1, 0.15) is 36.2 Å². The number of carbonyl (C=O) groups excluding carboxylic acids is 1. The van der Waals surface area contributed by atoms with Crippen molar-refractivity contribution in [2.24, 2.45) is 0 Å². The van der Waals surface area contributed by atoms with E-state index in [0.29, 0.717) is 6.42 Å². The minimum atomic E-state index is -0.522. The molecule has 1 aromatic carbocycles. The first-order valence-corrected chi connectivity index (χ1v) is 5.65. The Hall–Kier alpha value is -1.42. The smallest absolute Gasteiger partial charge is 0.254 e. The van der Waals surface area contributed by atoms with Crippen LogP contribution in [-0.2, 0) is 0 Å². The highest BCUT2D eigenvalue weighted by atomic mass is 19.1. The summed E-state index contributed by atoms with van der Waals surface area (Å²) in [5, 5.41) is 11.8. The number of aliphatic hydroxyl groups is 1. The second kappa shape index (κ2) is 5.77. The Bertz CT molecular complexity index is 404. The topological polar surface area (TPSA) is 49.3 Å². The molecule has 0 spiro atoms. The van der Waals surface area contributed by atoms with E-state index >= 15 is 0 Å². The fourth-order valence-electron chi connectivity index (χ4n) is 1.68. The second-order valence-corrected chi connectivity index (χ2v) is 4.44. The molecule has 1 rings (SSSR count). The molecule has 17 heavy (non-hydrogen) atoms. The number of hydrogen-bond acceptors (Lipinski definition) is 2. The van der Waals surface area contributed by atoms with Gasteiger partial charge in [-0.2, -0.15) is 0 Å². The summed E-state index contributed by atoms with van der Waals surface area (Å²) in [6.07, 6.45) is -0.0488. The molecular formula is C13H18FNO2. The molecule has 3 nitrogen and oxygen atoms in total. The molecule has 0 saturated heterocycles. The lowest BCUT2D eigenvalue weighted by molar-refractivity contribution is 0.0919. The van der Waals surface area contributed by atoms with Gasteiger partial charge in [0.05, 0.1) is 11.7 Å². The van der Waals surface area contributed by atoms with Crippen molar-refractivity contribution in [1.29, 1.82) is 0 Å². The molecule has 2 N–H and O–H groups in total. The monoisotopic (exact) mass is 239 g/mol.